The molecule has 1 aliphatic heterocycles. The number of carboxylic acid groups (broad SMARTS) is 1. The van der Waals surface area contributed by atoms with Crippen molar-refractivity contribution in [2.75, 3.05) is 19.4 Å². The number of ether oxygens (including phenoxy) is 1. The van der Waals surface area contributed by atoms with Crippen LogP contribution in [0.4, 0.5) is 5.69 Å². The van der Waals surface area contributed by atoms with Gasteiger partial charge in [0.05, 0.1) is 6.10 Å². The number of carbonyl (C=O) groups excluding carboxylic acids is 1. The van der Waals surface area contributed by atoms with Crippen LogP contribution in [0.3, 0.4) is 0 Å². The van der Waals surface area contributed by atoms with Gasteiger partial charge in [0.1, 0.15) is 6.04 Å². The second kappa shape index (κ2) is 5.27. The highest BCUT2D eigenvalue weighted by atomic mass is 16.5. The number of amides is 1. The zero-order valence-electron chi connectivity index (χ0n) is 10.6. The number of nitrogen functional groups attached to an aromatic ring is 1. The third kappa shape index (κ3) is 2.68. The summed E-state index contributed by atoms with van der Waals surface area (Å²) in [6, 6.07) is 5.59. The molecule has 2 atom stereocenters. The normalized spacial score (nSPS) is 22.5. The molecule has 6 heteroatoms. The largest absolute Gasteiger partial charge is 0.480 e. The van der Waals surface area contributed by atoms with Gasteiger partial charge in [-0.3, -0.25) is 4.79 Å². The van der Waals surface area contributed by atoms with Gasteiger partial charge in [-0.2, -0.15) is 0 Å². The van der Waals surface area contributed by atoms with E-state index in [4.69, 9.17) is 15.6 Å². The molecule has 102 valence electrons. The predicted octanol–water partition coefficient (Wildman–Crippen LogP) is 0.583. The van der Waals surface area contributed by atoms with E-state index >= 15 is 0 Å². The molecule has 2 rings (SSSR count). The first-order valence-corrected chi connectivity index (χ1v) is 5.95. The predicted molar refractivity (Wildman–Crippen MR) is 68.7 cm³/mol. The summed E-state index contributed by atoms with van der Waals surface area (Å²) in [5.74, 6) is -1.32. The first kappa shape index (κ1) is 13.4. The van der Waals surface area contributed by atoms with Gasteiger partial charge in [-0.1, -0.05) is 0 Å². The molecule has 0 aromatic heterocycles. The lowest BCUT2D eigenvalue weighted by Crippen LogP contribution is -2.40. The molecular formula is C13H16N2O4. The van der Waals surface area contributed by atoms with Crippen LogP contribution in [0.25, 0.3) is 0 Å². The van der Waals surface area contributed by atoms with E-state index in [1.54, 1.807) is 24.3 Å². The molecule has 0 saturated carbocycles. The Morgan fingerprint density at radius 2 is 2.00 bits per heavy atom. The van der Waals surface area contributed by atoms with E-state index in [-0.39, 0.29) is 18.6 Å². The highest BCUT2D eigenvalue weighted by Gasteiger charge is 2.40. The van der Waals surface area contributed by atoms with Gasteiger partial charge in [-0.15, -0.1) is 0 Å². The minimum absolute atomic E-state index is 0.237. The van der Waals surface area contributed by atoms with Crippen LogP contribution >= 0.6 is 0 Å². The van der Waals surface area contributed by atoms with Crippen molar-refractivity contribution in [2.24, 2.45) is 0 Å². The first-order chi connectivity index (χ1) is 9.02. The van der Waals surface area contributed by atoms with E-state index in [2.05, 4.69) is 0 Å². The Morgan fingerprint density at radius 3 is 2.53 bits per heavy atom. The van der Waals surface area contributed by atoms with Crippen LogP contribution in [0.5, 0.6) is 0 Å². The molecule has 1 amide bonds. The fraction of sp³-hybridized carbons (Fsp3) is 0.385. The van der Waals surface area contributed by atoms with Crippen molar-refractivity contribution in [1.29, 1.82) is 0 Å². The standard InChI is InChI=1S/C13H16N2O4/c1-19-10-6-11(13(17)18)15(7-10)12(16)8-2-4-9(14)5-3-8/h2-5,10-11H,6-7,14H2,1H3,(H,17,18). The van der Waals surface area contributed by atoms with E-state index in [0.717, 1.165) is 0 Å². The number of benzene rings is 1. The lowest BCUT2D eigenvalue weighted by Gasteiger charge is -2.21. The van der Waals surface area contributed by atoms with Crippen molar-refractivity contribution in [1.82, 2.24) is 4.90 Å². The van der Waals surface area contributed by atoms with E-state index in [9.17, 15) is 9.59 Å². The SMILES string of the molecule is COC1CC(C(=O)O)N(C(=O)c2ccc(N)cc2)C1. The second-order valence-corrected chi connectivity index (χ2v) is 4.53. The highest BCUT2D eigenvalue weighted by Crippen LogP contribution is 2.23. The summed E-state index contributed by atoms with van der Waals surface area (Å²) in [6.45, 7) is 0.288. The van der Waals surface area contributed by atoms with E-state index in [1.165, 1.54) is 12.0 Å². The molecule has 3 N–H and O–H groups in total. The van der Waals surface area contributed by atoms with Gasteiger partial charge in [0.25, 0.3) is 5.91 Å². The molecule has 19 heavy (non-hydrogen) atoms. The minimum Gasteiger partial charge on any atom is -0.480 e. The zero-order valence-corrected chi connectivity index (χ0v) is 10.6. The number of nitrogens with two attached hydrogens (primary N) is 1. The molecule has 0 radical (unpaired) electrons. The summed E-state index contributed by atoms with van der Waals surface area (Å²) in [4.78, 5) is 24.8. The maximum Gasteiger partial charge on any atom is 0.326 e. The Morgan fingerprint density at radius 1 is 1.37 bits per heavy atom. The van der Waals surface area contributed by atoms with Gasteiger partial charge in [-0.05, 0) is 24.3 Å². The summed E-state index contributed by atoms with van der Waals surface area (Å²) in [7, 11) is 1.51. The quantitative estimate of drug-likeness (QED) is 0.779. The van der Waals surface area contributed by atoms with Crippen LogP contribution in [-0.4, -0.2) is 47.7 Å². The van der Waals surface area contributed by atoms with Crippen LogP contribution in [0.1, 0.15) is 16.8 Å². The average molecular weight is 264 g/mol. The number of nitrogens with zero attached hydrogens (tertiary/aromatic N) is 1. The van der Waals surface area contributed by atoms with Crippen molar-refractivity contribution in [3.63, 3.8) is 0 Å². The number of rotatable bonds is 3. The van der Waals surface area contributed by atoms with Crippen molar-refractivity contribution in [2.45, 2.75) is 18.6 Å². The van der Waals surface area contributed by atoms with Crippen molar-refractivity contribution in [3.8, 4) is 0 Å². The molecule has 2 unspecified atom stereocenters. The molecule has 6 nitrogen and oxygen atoms in total. The third-order valence-electron chi connectivity index (χ3n) is 3.30. The lowest BCUT2D eigenvalue weighted by atomic mass is 10.1. The van der Waals surface area contributed by atoms with Gasteiger partial charge in [-0.25, -0.2) is 4.79 Å². The van der Waals surface area contributed by atoms with Gasteiger partial charge in [0, 0.05) is 31.3 Å². The maximum atomic E-state index is 12.3. The Kier molecular flexibility index (Phi) is 3.71. The fourth-order valence-electron chi connectivity index (χ4n) is 2.22. The summed E-state index contributed by atoms with van der Waals surface area (Å²) in [5, 5.41) is 9.17. The first-order valence-electron chi connectivity index (χ1n) is 5.95. The molecule has 0 aliphatic carbocycles. The van der Waals surface area contributed by atoms with Crippen molar-refractivity contribution in [3.05, 3.63) is 29.8 Å². The number of hydrogen-bond donors (Lipinski definition) is 2. The molecule has 1 heterocycles. The summed E-state index contributed by atoms with van der Waals surface area (Å²) < 4.78 is 5.15. The Balaban J connectivity index is 2.21. The average Bonchev–Trinajstić information content (AvgIpc) is 2.83. The smallest absolute Gasteiger partial charge is 0.326 e. The van der Waals surface area contributed by atoms with Crippen LogP contribution in [0.15, 0.2) is 24.3 Å². The van der Waals surface area contributed by atoms with E-state index < -0.39 is 12.0 Å². The molecule has 0 spiro atoms. The number of carbonyl (C=O) groups is 2. The molecule has 1 aromatic carbocycles. The monoisotopic (exact) mass is 264 g/mol. The van der Waals surface area contributed by atoms with Crippen LogP contribution in [-0.2, 0) is 9.53 Å². The van der Waals surface area contributed by atoms with Crippen LogP contribution in [0, 0.1) is 0 Å². The van der Waals surface area contributed by atoms with Crippen molar-refractivity contribution >= 4 is 17.6 Å². The van der Waals surface area contributed by atoms with E-state index in [1.807, 2.05) is 0 Å². The summed E-state index contributed by atoms with van der Waals surface area (Å²) >= 11 is 0. The Bertz CT molecular complexity index is 486. The number of anilines is 1. The number of methoxy groups -OCH3 is 1. The number of likely N-dealkylation sites (tertiary alicyclic amines) is 1. The third-order valence-corrected chi connectivity index (χ3v) is 3.30. The number of hydrogen-bond acceptors (Lipinski definition) is 4. The molecule has 0 bridgehead atoms. The van der Waals surface area contributed by atoms with Gasteiger partial charge in [0.2, 0.25) is 0 Å². The van der Waals surface area contributed by atoms with Crippen LogP contribution in [0.2, 0.25) is 0 Å². The number of aliphatic carboxylic acids is 1. The lowest BCUT2D eigenvalue weighted by molar-refractivity contribution is -0.141. The number of carboxylic acids is 1. The van der Waals surface area contributed by atoms with Crippen LogP contribution < -0.4 is 5.73 Å². The zero-order chi connectivity index (χ0) is 14.0. The minimum atomic E-state index is -1.01. The molecule has 1 aromatic rings. The fourth-order valence-corrected chi connectivity index (χ4v) is 2.22. The molecule has 1 saturated heterocycles. The second-order valence-electron chi connectivity index (χ2n) is 4.53. The molecule has 1 aliphatic rings. The summed E-state index contributed by atoms with van der Waals surface area (Å²) in [5.41, 5.74) is 6.55. The molecular weight excluding hydrogens is 248 g/mol. The Hall–Kier alpha value is -2.08. The van der Waals surface area contributed by atoms with E-state index in [0.29, 0.717) is 17.7 Å². The van der Waals surface area contributed by atoms with Gasteiger partial charge >= 0.3 is 5.97 Å². The van der Waals surface area contributed by atoms with Gasteiger partial charge in [0.15, 0.2) is 0 Å². The van der Waals surface area contributed by atoms with Gasteiger partial charge < -0.3 is 20.5 Å². The maximum absolute atomic E-state index is 12.3. The topological polar surface area (TPSA) is 92.9 Å². The van der Waals surface area contributed by atoms with Crippen molar-refractivity contribution < 1.29 is 19.4 Å². The highest BCUT2D eigenvalue weighted by molar-refractivity contribution is 5.97. The Labute approximate surface area is 110 Å². The summed E-state index contributed by atoms with van der Waals surface area (Å²) in [6.07, 6.45) is 0.0749. The molecule has 1 fully saturated rings.